The number of Topliss-reactive ketones (excluding diaryl/α,β-unsaturated/α-hetero) is 1. The quantitative estimate of drug-likeness (QED) is 0.0883. The highest BCUT2D eigenvalue weighted by Gasteiger charge is 2.50. The summed E-state index contributed by atoms with van der Waals surface area (Å²) < 4.78 is 41.6. The number of nitrogens with two attached hydrogens (primary N) is 1. The second kappa shape index (κ2) is 13.2. The number of oxime groups is 1. The minimum absolute atomic E-state index is 0.0227. The van der Waals surface area contributed by atoms with Crippen LogP contribution >= 0.6 is 11.3 Å². The van der Waals surface area contributed by atoms with Crippen molar-refractivity contribution >= 4 is 60.9 Å². The summed E-state index contributed by atoms with van der Waals surface area (Å²) in [4.78, 5) is 39.2. The minimum Gasteiger partial charge on any atom is -0.489 e. The maximum absolute atomic E-state index is 13.3. The van der Waals surface area contributed by atoms with Gasteiger partial charge in [-0.3, -0.25) is 9.35 Å². The molecular weight excluding hydrogens is 630 g/mol. The number of ketones is 1. The molecule has 4 heterocycles. The number of fused-ring (bicyclic) bond motifs is 1. The average molecular weight is 664 g/mol. The number of benzene rings is 1. The number of carboxylic acids is 1. The van der Waals surface area contributed by atoms with Gasteiger partial charge in [0.15, 0.2) is 16.6 Å². The third-order valence-electron chi connectivity index (χ3n) is 7.78. The standard InChI is InChI=1S/C27H33N7O9S2/c1-27(2)17(12-34(27)43-45(38,39)40)8-21(35)23(20-14-44-26(28)32-20)33-42-22(25(36)37)13-41-18-3-4-19-16(7-18)5-6-30-24(19)31-11-15-9-29-10-15/h3-7,14-15,17,22,29H,8-13H2,1-2H3,(H2,28,32)(H,30,31)(H,36,37)(H,38,39,40)/b33-23-/t17-,22+/m1/s1. The van der Waals surface area contributed by atoms with Gasteiger partial charge in [0.05, 0.1) is 0 Å². The summed E-state index contributed by atoms with van der Waals surface area (Å²) in [5.41, 5.74) is 4.66. The molecule has 2 aliphatic rings. The van der Waals surface area contributed by atoms with Gasteiger partial charge in [-0.15, -0.1) is 11.3 Å². The van der Waals surface area contributed by atoms with E-state index < -0.39 is 46.3 Å². The van der Waals surface area contributed by atoms with Crippen molar-refractivity contribution in [2.45, 2.75) is 31.9 Å². The van der Waals surface area contributed by atoms with Gasteiger partial charge in [-0.2, -0.15) is 17.8 Å². The highest BCUT2D eigenvalue weighted by molar-refractivity contribution is 7.80. The van der Waals surface area contributed by atoms with Gasteiger partial charge in [-0.1, -0.05) is 5.16 Å². The number of carbonyl (C=O) groups excluding carboxylic acids is 1. The summed E-state index contributed by atoms with van der Waals surface area (Å²) in [6, 6.07) is 7.12. The Morgan fingerprint density at radius 1 is 1.31 bits per heavy atom. The molecule has 2 saturated heterocycles. The van der Waals surface area contributed by atoms with Crippen LogP contribution in [0, 0.1) is 11.8 Å². The van der Waals surface area contributed by atoms with Crippen LogP contribution in [0.1, 0.15) is 26.0 Å². The Balaban J connectivity index is 1.26. The van der Waals surface area contributed by atoms with E-state index in [9.17, 15) is 23.1 Å². The lowest BCUT2D eigenvalue weighted by Gasteiger charge is -2.52. The number of anilines is 2. The van der Waals surface area contributed by atoms with E-state index in [0.29, 0.717) is 11.7 Å². The van der Waals surface area contributed by atoms with Gasteiger partial charge in [0.2, 0.25) is 0 Å². The van der Waals surface area contributed by atoms with Crippen molar-refractivity contribution in [3.63, 3.8) is 0 Å². The fourth-order valence-electron chi connectivity index (χ4n) is 4.82. The molecule has 5 rings (SSSR count). The van der Waals surface area contributed by atoms with Crippen LogP contribution in [0.15, 0.2) is 41.0 Å². The van der Waals surface area contributed by atoms with Gasteiger partial charge in [-0.05, 0) is 43.5 Å². The van der Waals surface area contributed by atoms with E-state index in [1.54, 1.807) is 32.2 Å². The summed E-state index contributed by atoms with van der Waals surface area (Å²) in [6.07, 6.45) is -0.0325. The van der Waals surface area contributed by atoms with Crippen LogP contribution < -0.4 is 21.1 Å². The first-order valence-electron chi connectivity index (χ1n) is 13.9. The average Bonchev–Trinajstić information content (AvgIpc) is 3.38. The first kappa shape index (κ1) is 32.5. The van der Waals surface area contributed by atoms with Crippen LogP contribution in [0.2, 0.25) is 0 Å². The van der Waals surface area contributed by atoms with Gasteiger partial charge in [-0.25, -0.2) is 14.8 Å². The molecular formula is C27H33N7O9S2. The Morgan fingerprint density at radius 2 is 2.09 bits per heavy atom. The number of ether oxygens (including phenoxy) is 1. The van der Waals surface area contributed by atoms with Gasteiger partial charge < -0.3 is 31.0 Å². The number of nitrogen functional groups attached to an aromatic ring is 1. The van der Waals surface area contributed by atoms with Crippen molar-refractivity contribution < 1.29 is 41.5 Å². The third-order valence-corrected chi connectivity index (χ3v) is 8.82. The topological polar surface area (TPSA) is 228 Å². The number of hydrogen-bond acceptors (Lipinski definition) is 15. The lowest BCUT2D eigenvalue weighted by Crippen LogP contribution is -2.64. The number of aromatic nitrogens is 2. The predicted octanol–water partition coefficient (Wildman–Crippen LogP) is 1.56. The van der Waals surface area contributed by atoms with Gasteiger partial charge in [0.1, 0.15) is 23.9 Å². The molecule has 0 radical (unpaired) electrons. The molecule has 2 aliphatic heterocycles. The smallest absolute Gasteiger partial charge is 0.413 e. The number of rotatable bonds is 15. The van der Waals surface area contributed by atoms with Crippen LogP contribution in [0.3, 0.4) is 0 Å². The van der Waals surface area contributed by atoms with Gasteiger partial charge in [0.25, 0.3) is 6.10 Å². The van der Waals surface area contributed by atoms with Crippen LogP contribution in [0.25, 0.3) is 10.8 Å². The molecule has 0 unspecified atom stereocenters. The van der Waals surface area contributed by atoms with Crippen LogP contribution in [0.5, 0.6) is 5.75 Å². The van der Waals surface area contributed by atoms with E-state index in [0.717, 1.165) is 52.6 Å². The van der Waals surface area contributed by atoms with Crippen molar-refractivity contribution in [2.75, 3.05) is 43.8 Å². The minimum atomic E-state index is -4.73. The summed E-state index contributed by atoms with van der Waals surface area (Å²) in [6.45, 7) is 5.60. The Kier molecular flexibility index (Phi) is 9.52. The molecule has 3 aromatic rings. The molecule has 45 heavy (non-hydrogen) atoms. The number of thiazole rings is 1. The van der Waals surface area contributed by atoms with E-state index in [2.05, 4.69) is 30.0 Å². The SMILES string of the molecule is CC1(C)[C@H](CC(=O)/C(=N\O[C@@H](COc2ccc3c(NCC4CNC4)nccc3c2)C(=O)O)c2csc(N)n2)CN1OS(=O)(=O)O. The zero-order valence-corrected chi connectivity index (χ0v) is 26.0. The zero-order valence-electron chi connectivity index (χ0n) is 24.4. The second-order valence-electron chi connectivity index (χ2n) is 11.2. The molecule has 18 heteroatoms. The zero-order chi connectivity index (χ0) is 32.4. The number of pyridine rings is 1. The monoisotopic (exact) mass is 663 g/mol. The van der Waals surface area contributed by atoms with E-state index in [1.807, 2.05) is 12.1 Å². The first-order chi connectivity index (χ1) is 21.3. The van der Waals surface area contributed by atoms with Crippen molar-refractivity contribution in [3.05, 3.63) is 41.5 Å². The first-order valence-corrected chi connectivity index (χ1v) is 16.2. The number of nitrogens with one attached hydrogen (secondary N) is 2. The van der Waals surface area contributed by atoms with E-state index in [1.165, 1.54) is 5.38 Å². The predicted molar refractivity (Wildman–Crippen MR) is 164 cm³/mol. The van der Waals surface area contributed by atoms with Crippen molar-refractivity contribution in [2.24, 2.45) is 17.0 Å². The molecule has 6 N–H and O–H groups in total. The summed E-state index contributed by atoms with van der Waals surface area (Å²) in [7, 11) is -4.73. The molecule has 1 aromatic carbocycles. The molecule has 0 bridgehead atoms. The van der Waals surface area contributed by atoms with Crippen LogP contribution in [0.4, 0.5) is 10.9 Å². The van der Waals surface area contributed by atoms with Crippen LogP contribution in [-0.4, -0.2) is 95.0 Å². The molecule has 0 spiro atoms. The molecule has 242 valence electrons. The fraction of sp³-hybridized carbons (Fsp3) is 0.444. The normalized spacial score (nSPS) is 19.4. The molecule has 0 aliphatic carbocycles. The van der Waals surface area contributed by atoms with Crippen molar-refractivity contribution in [3.8, 4) is 5.75 Å². The lowest BCUT2D eigenvalue weighted by molar-refractivity contribution is -0.233. The molecule has 2 aromatic heterocycles. The number of carboxylic acid groups (broad SMARTS) is 1. The number of hydrogen-bond donors (Lipinski definition) is 5. The Morgan fingerprint density at radius 3 is 2.71 bits per heavy atom. The Labute approximate surface area is 262 Å². The molecule has 0 amide bonds. The van der Waals surface area contributed by atoms with E-state index >= 15 is 0 Å². The second-order valence-corrected chi connectivity index (χ2v) is 13.1. The summed E-state index contributed by atoms with van der Waals surface area (Å²) >= 11 is 1.06. The maximum atomic E-state index is 13.3. The summed E-state index contributed by atoms with van der Waals surface area (Å²) in [5, 5.41) is 24.7. The number of carbonyl (C=O) groups is 2. The molecule has 2 atom stereocenters. The maximum Gasteiger partial charge on any atom is 0.413 e. The molecule has 16 nitrogen and oxygen atoms in total. The third kappa shape index (κ3) is 7.84. The number of hydroxylamine groups is 2. The van der Waals surface area contributed by atoms with Crippen LogP contribution in [-0.2, 0) is 29.1 Å². The Bertz CT molecular complexity index is 1710. The summed E-state index contributed by atoms with van der Waals surface area (Å²) in [5.74, 6) is -0.628. The highest BCUT2D eigenvalue weighted by Crippen LogP contribution is 2.39. The Hall–Kier alpha value is -3.94. The van der Waals surface area contributed by atoms with E-state index in [-0.39, 0.29) is 29.5 Å². The lowest BCUT2D eigenvalue weighted by atomic mass is 9.75. The molecule has 2 fully saturated rings. The highest BCUT2D eigenvalue weighted by atomic mass is 32.3. The van der Waals surface area contributed by atoms with Crippen molar-refractivity contribution in [1.82, 2.24) is 20.3 Å². The van der Waals surface area contributed by atoms with Crippen molar-refractivity contribution in [1.29, 1.82) is 0 Å². The largest absolute Gasteiger partial charge is 0.489 e. The molecule has 0 saturated carbocycles. The van der Waals surface area contributed by atoms with E-state index in [4.69, 9.17) is 19.9 Å². The number of aliphatic carboxylic acids is 1. The number of nitrogens with zero attached hydrogens (tertiary/aromatic N) is 4. The van der Waals surface area contributed by atoms with Gasteiger partial charge >= 0.3 is 16.4 Å². The van der Waals surface area contributed by atoms with Gasteiger partial charge in [0, 0.05) is 66.9 Å². The fourth-order valence-corrected chi connectivity index (χ4v) is 5.85.